The van der Waals surface area contributed by atoms with Crippen LogP contribution in [-0.2, 0) is 14.8 Å². The van der Waals surface area contributed by atoms with Crippen molar-refractivity contribution in [3.8, 4) is 5.75 Å². The largest absolute Gasteiger partial charge is 0.484 e. The van der Waals surface area contributed by atoms with Crippen molar-refractivity contribution in [2.45, 2.75) is 18.7 Å². The van der Waals surface area contributed by atoms with Gasteiger partial charge in [0.2, 0.25) is 10.0 Å². The van der Waals surface area contributed by atoms with Gasteiger partial charge in [-0.3, -0.25) is 4.79 Å². The molecule has 0 radical (unpaired) electrons. The first kappa shape index (κ1) is 20.6. The Bertz CT molecular complexity index is 1200. The van der Waals surface area contributed by atoms with Crippen LogP contribution in [0.3, 0.4) is 0 Å². The van der Waals surface area contributed by atoms with Crippen LogP contribution in [0.25, 0.3) is 11.0 Å². The fourth-order valence-electron chi connectivity index (χ4n) is 2.73. The molecule has 0 aliphatic carbocycles. The molecule has 0 saturated carbocycles. The first-order valence-corrected chi connectivity index (χ1v) is 10.3. The third kappa shape index (κ3) is 5.01. The lowest BCUT2D eigenvalue weighted by Gasteiger charge is -2.09. The average Bonchev–Trinajstić information content (AvgIpc) is 2.66. The predicted molar refractivity (Wildman–Crippen MR) is 109 cm³/mol. The summed E-state index contributed by atoms with van der Waals surface area (Å²) in [6, 6.07) is 12.2. The molecule has 0 aliphatic rings. The number of ether oxygens (including phenoxy) is 1. The summed E-state index contributed by atoms with van der Waals surface area (Å²) in [5, 5.41) is 3.41. The molecule has 1 aromatic heterocycles. The molecule has 0 unspecified atom stereocenters. The number of hydrogen-bond donors (Lipinski definition) is 2. The third-order valence-corrected chi connectivity index (χ3v) is 5.64. The average molecular weight is 416 g/mol. The number of benzene rings is 2. The van der Waals surface area contributed by atoms with Gasteiger partial charge in [0.05, 0.1) is 4.90 Å². The van der Waals surface area contributed by atoms with Crippen molar-refractivity contribution in [3.63, 3.8) is 0 Å². The first-order valence-electron chi connectivity index (χ1n) is 8.85. The van der Waals surface area contributed by atoms with Gasteiger partial charge in [0.25, 0.3) is 5.91 Å². The Hall–Kier alpha value is -3.17. The summed E-state index contributed by atoms with van der Waals surface area (Å²) in [6.07, 6.45) is 0. The van der Waals surface area contributed by atoms with Crippen LogP contribution < -0.4 is 20.4 Å². The van der Waals surface area contributed by atoms with Crippen molar-refractivity contribution < 1.29 is 22.4 Å². The van der Waals surface area contributed by atoms with E-state index in [-0.39, 0.29) is 18.0 Å². The zero-order valence-electron chi connectivity index (χ0n) is 15.9. The SMILES string of the molecule is CCNS(=O)(=O)c1ccc(NC(=O)COc2ccc3c(C)cc(=O)oc3c2)cc1. The summed E-state index contributed by atoms with van der Waals surface area (Å²) in [7, 11) is -3.54. The summed E-state index contributed by atoms with van der Waals surface area (Å²) in [4.78, 5) is 23.7. The molecule has 3 rings (SSSR count). The molecule has 2 N–H and O–H groups in total. The number of anilines is 1. The fraction of sp³-hybridized carbons (Fsp3) is 0.200. The van der Waals surface area contributed by atoms with Gasteiger partial charge in [-0.15, -0.1) is 0 Å². The molecule has 0 atom stereocenters. The van der Waals surface area contributed by atoms with Gasteiger partial charge in [-0.2, -0.15) is 0 Å². The van der Waals surface area contributed by atoms with E-state index in [1.54, 1.807) is 25.1 Å². The molecule has 1 heterocycles. The van der Waals surface area contributed by atoms with E-state index in [1.807, 2.05) is 6.92 Å². The summed E-state index contributed by atoms with van der Waals surface area (Å²) < 4.78 is 36.8. The molecule has 29 heavy (non-hydrogen) atoms. The minimum Gasteiger partial charge on any atom is -0.484 e. The maximum atomic E-state index is 12.1. The van der Waals surface area contributed by atoms with Gasteiger partial charge in [0, 0.05) is 29.8 Å². The van der Waals surface area contributed by atoms with E-state index in [4.69, 9.17) is 9.15 Å². The lowest BCUT2D eigenvalue weighted by molar-refractivity contribution is -0.118. The van der Waals surface area contributed by atoms with Crippen LogP contribution in [0.2, 0.25) is 0 Å². The Morgan fingerprint density at radius 3 is 2.52 bits per heavy atom. The van der Waals surface area contributed by atoms with E-state index in [0.29, 0.717) is 17.0 Å². The number of aryl methyl sites for hydroxylation is 1. The molecular weight excluding hydrogens is 396 g/mol. The van der Waals surface area contributed by atoms with Crippen molar-refractivity contribution in [1.29, 1.82) is 0 Å². The number of nitrogens with one attached hydrogen (secondary N) is 2. The fourth-order valence-corrected chi connectivity index (χ4v) is 3.77. The van der Waals surface area contributed by atoms with Crippen LogP contribution in [-0.4, -0.2) is 27.5 Å². The second kappa shape index (κ2) is 8.46. The van der Waals surface area contributed by atoms with Gasteiger partial charge < -0.3 is 14.5 Å². The number of rotatable bonds is 7. The minimum absolute atomic E-state index is 0.113. The van der Waals surface area contributed by atoms with Crippen molar-refractivity contribution in [3.05, 3.63) is 64.5 Å². The smallest absolute Gasteiger partial charge is 0.336 e. The van der Waals surface area contributed by atoms with Gasteiger partial charge in [0.15, 0.2) is 6.61 Å². The number of fused-ring (bicyclic) bond motifs is 1. The van der Waals surface area contributed by atoms with Crippen LogP contribution in [0.1, 0.15) is 12.5 Å². The monoisotopic (exact) mass is 416 g/mol. The lowest BCUT2D eigenvalue weighted by Crippen LogP contribution is -2.23. The maximum Gasteiger partial charge on any atom is 0.336 e. The zero-order valence-corrected chi connectivity index (χ0v) is 16.7. The van der Waals surface area contributed by atoms with E-state index < -0.39 is 21.6 Å². The Morgan fingerprint density at radius 2 is 1.83 bits per heavy atom. The van der Waals surface area contributed by atoms with E-state index >= 15 is 0 Å². The van der Waals surface area contributed by atoms with Crippen LogP contribution >= 0.6 is 0 Å². The van der Waals surface area contributed by atoms with Crippen LogP contribution in [0, 0.1) is 6.92 Å². The normalized spacial score (nSPS) is 11.4. The molecule has 1 amide bonds. The Labute approximate surface area is 167 Å². The highest BCUT2D eigenvalue weighted by Crippen LogP contribution is 2.22. The van der Waals surface area contributed by atoms with Gasteiger partial charge in [-0.05, 0) is 48.9 Å². The number of amides is 1. The molecule has 2 aromatic carbocycles. The molecule has 3 aromatic rings. The van der Waals surface area contributed by atoms with Gasteiger partial charge in [0.1, 0.15) is 11.3 Å². The summed E-state index contributed by atoms with van der Waals surface area (Å²) in [6.45, 7) is 3.52. The van der Waals surface area contributed by atoms with Gasteiger partial charge >= 0.3 is 5.63 Å². The Kier molecular flexibility index (Phi) is 6.00. The van der Waals surface area contributed by atoms with E-state index in [2.05, 4.69) is 10.0 Å². The molecule has 9 heteroatoms. The molecule has 0 aliphatic heterocycles. The second-order valence-corrected chi connectivity index (χ2v) is 8.04. The van der Waals surface area contributed by atoms with E-state index in [0.717, 1.165) is 10.9 Å². The Morgan fingerprint density at radius 1 is 1.10 bits per heavy atom. The van der Waals surface area contributed by atoms with E-state index in [9.17, 15) is 18.0 Å². The quantitative estimate of drug-likeness (QED) is 0.572. The van der Waals surface area contributed by atoms with Crippen LogP contribution in [0.4, 0.5) is 5.69 Å². The lowest BCUT2D eigenvalue weighted by atomic mass is 10.1. The van der Waals surface area contributed by atoms with Crippen molar-refractivity contribution in [1.82, 2.24) is 4.72 Å². The number of carbonyl (C=O) groups excluding carboxylic acids is 1. The van der Waals surface area contributed by atoms with Crippen molar-refractivity contribution in [2.24, 2.45) is 0 Å². The highest BCUT2D eigenvalue weighted by atomic mass is 32.2. The van der Waals surface area contributed by atoms with Crippen LogP contribution in [0.15, 0.2) is 62.6 Å². The predicted octanol–water partition coefficient (Wildman–Crippen LogP) is 2.42. The summed E-state index contributed by atoms with van der Waals surface area (Å²) in [5.74, 6) is -0.0356. The minimum atomic E-state index is -3.54. The van der Waals surface area contributed by atoms with E-state index in [1.165, 1.54) is 30.3 Å². The molecule has 0 bridgehead atoms. The molecule has 8 nitrogen and oxygen atoms in total. The number of carbonyl (C=O) groups is 1. The van der Waals surface area contributed by atoms with Crippen LogP contribution in [0.5, 0.6) is 5.75 Å². The first-order chi connectivity index (χ1) is 13.8. The number of hydrogen-bond acceptors (Lipinski definition) is 6. The highest BCUT2D eigenvalue weighted by molar-refractivity contribution is 7.89. The molecule has 0 saturated heterocycles. The van der Waals surface area contributed by atoms with Crippen molar-refractivity contribution >= 4 is 32.6 Å². The maximum absolute atomic E-state index is 12.1. The molecule has 0 spiro atoms. The summed E-state index contributed by atoms with van der Waals surface area (Å²) >= 11 is 0. The zero-order chi connectivity index (χ0) is 21.0. The molecule has 0 fully saturated rings. The molecule has 152 valence electrons. The van der Waals surface area contributed by atoms with Gasteiger partial charge in [-0.25, -0.2) is 17.9 Å². The topological polar surface area (TPSA) is 115 Å². The van der Waals surface area contributed by atoms with Gasteiger partial charge in [-0.1, -0.05) is 6.92 Å². The second-order valence-electron chi connectivity index (χ2n) is 6.27. The Balaban J connectivity index is 1.63. The van der Waals surface area contributed by atoms with Crippen molar-refractivity contribution in [2.75, 3.05) is 18.5 Å². The number of sulfonamides is 1. The highest BCUT2D eigenvalue weighted by Gasteiger charge is 2.12. The standard InChI is InChI=1S/C20H20N2O6S/c1-3-21-29(25,26)16-7-4-14(5-8-16)22-19(23)12-27-15-6-9-17-13(2)10-20(24)28-18(17)11-15/h4-11,21H,3,12H2,1-2H3,(H,22,23). The molecular formula is C20H20N2O6S. The summed E-state index contributed by atoms with van der Waals surface area (Å²) in [5.41, 5.74) is 1.16. The third-order valence-electron chi connectivity index (χ3n) is 4.08.